The van der Waals surface area contributed by atoms with Crippen molar-refractivity contribution in [2.45, 2.75) is 57.2 Å². The summed E-state index contributed by atoms with van der Waals surface area (Å²) in [7, 11) is 0. The molecule has 100 valence electrons. The molecule has 0 aliphatic heterocycles. The minimum atomic E-state index is 0.671. The molecule has 0 spiro atoms. The summed E-state index contributed by atoms with van der Waals surface area (Å²) in [6.07, 6.45) is 10.3. The number of aromatic nitrogens is 2. The van der Waals surface area contributed by atoms with E-state index in [4.69, 9.17) is 5.10 Å². The molecule has 0 N–H and O–H groups in total. The number of hydrogen-bond donors (Lipinski definition) is 0. The van der Waals surface area contributed by atoms with Crippen LogP contribution in [0.2, 0.25) is 0 Å². The van der Waals surface area contributed by atoms with Gasteiger partial charge in [0.25, 0.3) is 0 Å². The molecule has 0 bridgehead atoms. The van der Waals surface area contributed by atoms with Crippen LogP contribution in [0.4, 0.5) is 0 Å². The SMILES string of the molecule is BrCCN(Cc1ccn(C2CCCC2)n1)C1CC1. The molecule has 3 rings (SSSR count). The Balaban J connectivity index is 1.61. The van der Waals surface area contributed by atoms with Crippen LogP contribution in [-0.2, 0) is 6.54 Å². The molecule has 1 aromatic rings. The highest BCUT2D eigenvalue weighted by atomic mass is 79.9. The summed E-state index contributed by atoms with van der Waals surface area (Å²) in [6.45, 7) is 2.16. The van der Waals surface area contributed by atoms with Crippen molar-refractivity contribution in [3.63, 3.8) is 0 Å². The molecule has 0 saturated heterocycles. The van der Waals surface area contributed by atoms with Gasteiger partial charge in [0.05, 0.1) is 11.7 Å². The van der Waals surface area contributed by atoms with Crippen molar-refractivity contribution in [3.05, 3.63) is 18.0 Å². The lowest BCUT2D eigenvalue weighted by Crippen LogP contribution is -2.27. The first-order valence-corrected chi connectivity index (χ1v) is 8.33. The van der Waals surface area contributed by atoms with Gasteiger partial charge < -0.3 is 0 Å². The number of hydrogen-bond acceptors (Lipinski definition) is 2. The highest BCUT2D eigenvalue weighted by Gasteiger charge is 2.29. The molecule has 1 heterocycles. The van der Waals surface area contributed by atoms with E-state index in [1.807, 2.05) is 0 Å². The van der Waals surface area contributed by atoms with Gasteiger partial charge in [0, 0.05) is 30.7 Å². The van der Waals surface area contributed by atoms with Crippen LogP contribution in [0.1, 0.15) is 50.3 Å². The van der Waals surface area contributed by atoms with Gasteiger partial charge in [-0.1, -0.05) is 28.8 Å². The summed E-state index contributed by atoms with van der Waals surface area (Å²) >= 11 is 3.55. The lowest BCUT2D eigenvalue weighted by Gasteiger charge is -2.19. The predicted molar refractivity (Wildman–Crippen MR) is 77.0 cm³/mol. The smallest absolute Gasteiger partial charge is 0.0765 e. The lowest BCUT2D eigenvalue weighted by molar-refractivity contribution is 0.267. The second-order valence-corrected chi connectivity index (χ2v) is 6.41. The number of rotatable bonds is 6. The summed E-state index contributed by atoms with van der Waals surface area (Å²) < 4.78 is 2.21. The van der Waals surface area contributed by atoms with Gasteiger partial charge >= 0.3 is 0 Å². The van der Waals surface area contributed by atoms with Crippen LogP contribution < -0.4 is 0 Å². The average molecular weight is 312 g/mol. The molecule has 18 heavy (non-hydrogen) atoms. The summed E-state index contributed by atoms with van der Waals surface area (Å²) in [5.41, 5.74) is 1.25. The fraction of sp³-hybridized carbons (Fsp3) is 0.786. The summed E-state index contributed by atoms with van der Waals surface area (Å²) in [6, 6.07) is 3.70. The lowest BCUT2D eigenvalue weighted by atomic mass is 10.3. The van der Waals surface area contributed by atoms with Gasteiger partial charge in [-0.15, -0.1) is 0 Å². The Kier molecular flexibility index (Phi) is 4.04. The van der Waals surface area contributed by atoms with E-state index in [2.05, 4.69) is 37.8 Å². The van der Waals surface area contributed by atoms with E-state index < -0.39 is 0 Å². The van der Waals surface area contributed by atoms with E-state index >= 15 is 0 Å². The van der Waals surface area contributed by atoms with Gasteiger partial charge in [-0.25, -0.2) is 0 Å². The van der Waals surface area contributed by atoms with E-state index in [1.54, 1.807) is 0 Å². The Morgan fingerprint density at radius 2 is 2.06 bits per heavy atom. The minimum absolute atomic E-state index is 0.671. The van der Waals surface area contributed by atoms with Crippen molar-refractivity contribution in [2.24, 2.45) is 0 Å². The Morgan fingerprint density at radius 1 is 1.28 bits per heavy atom. The Hall–Kier alpha value is -0.350. The van der Waals surface area contributed by atoms with E-state index in [9.17, 15) is 0 Å². The zero-order valence-electron chi connectivity index (χ0n) is 10.9. The first kappa shape index (κ1) is 12.7. The Morgan fingerprint density at radius 3 is 2.72 bits per heavy atom. The van der Waals surface area contributed by atoms with Crippen molar-refractivity contribution < 1.29 is 0 Å². The van der Waals surface area contributed by atoms with Crippen molar-refractivity contribution in [3.8, 4) is 0 Å². The van der Waals surface area contributed by atoms with Crippen LogP contribution in [0.3, 0.4) is 0 Å². The third-order valence-electron chi connectivity index (χ3n) is 4.16. The number of alkyl halides is 1. The van der Waals surface area contributed by atoms with Gasteiger partial charge in [-0.3, -0.25) is 9.58 Å². The standard InChI is InChI=1S/C14H22BrN3/c15-8-10-17(13-5-6-13)11-12-7-9-18(16-12)14-3-1-2-4-14/h7,9,13-14H,1-6,8,10-11H2. The van der Waals surface area contributed by atoms with Crippen LogP contribution in [0.25, 0.3) is 0 Å². The zero-order valence-corrected chi connectivity index (χ0v) is 12.5. The third kappa shape index (κ3) is 2.97. The highest BCUT2D eigenvalue weighted by Crippen LogP contribution is 2.30. The van der Waals surface area contributed by atoms with E-state index in [0.717, 1.165) is 24.5 Å². The van der Waals surface area contributed by atoms with E-state index in [0.29, 0.717) is 6.04 Å². The summed E-state index contributed by atoms with van der Waals surface area (Å²) in [4.78, 5) is 2.57. The molecule has 1 aromatic heterocycles. The van der Waals surface area contributed by atoms with Gasteiger partial charge in [-0.05, 0) is 31.7 Å². The predicted octanol–water partition coefficient (Wildman–Crippen LogP) is 3.36. The first-order chi connectivity index (χ1) is 8.86. The van der Waals surface area contributed by atoms with Crippen LogP contribution in [0.15, 0.2) is 12.3 Å². The second-order valence-electron chi connectivity index (χ2n) is 5.62. The molecule has 4 heteroatoms. The van der Waals surface area contributed by atoms with Crippen molar-refractivity contribution in [1.29, 1.82) is 0 Å². The molecule has 2 aliphatic rings. The van der Waals surface area contributed by atoms with E-state index in [1.165, 1.54) is 44.2 Å². The van der Waals surface area contributed by atoms with Crippen molar-refractivity contribution in [2.75, 3.05) is 11.9 Å². The molecule has 0 aromatic carbocycles. The largest absolute Gasteiger partial charge is 0.294 e. The van der Waals surface area contributed by atoms with Gasteiger partial charge in [0.1, 0.15) is 0 Å². The van der Waals surface area contributed by atoms with Crippen LogP contribution in [0.5, 0.6) is 0 Å². The molecular weight excluding hydrogens is 290 g/mol. The molecule has 0 unspecified atom stereocenters. The van der Waals surface area contributed by atoms with Crippen molar-refractivity contribution >= 4 is 15.9 Å². The second kappa shape index (κ2) is 5.74. The van der Waals surface area contributed by atoms with E-state index in [-0.39, 0.29) is 0 Å². The maximum Gasteiger partial charge on any atom is 0.0765 e. The molecule has 0 amide bonds. The third-order valence-corrected chi connectivity index (χ3v) is 4.52. The molecule has 2 saturated carbocycles. The fourth-order valence-corrected chi connectivity index (χ4v) is 3.44. The van der Waals surface area contributed by atoms with Gasteiger partial charge in [0.15, 0.2) is 0 Å². The normalized spacial score (nSPS) is 21.0. The maximum absolute atomic E-state index is 4.78. The Bertz CT molecular complexity index is 380. The quantitative estimate of drug-likeness (QED) is 0.751. The summed E-state index contributed by atoms with van der Waals surface area (Å²) in [5, 5.41) is 5.85. The van der Waals surface area contributed by atoms with Gasteiger partial charge in [-0.2, -0.15) is 5.10 Å². The zero-order chi connectivity index (χ0) is 12.4. The maximum atomic E-state index is 4.78. The molecule has 0 atom stereocenters. The highest BCUT2D eigenvalue weighted by molar-refractivity contribution is 9.09. The molecule has 3 nitrogen and oxygen atoms in total. The number of halogens is 1. The molecule has 2 fully saturated rings. The number of nitrogens with zero attached hydrogens (tertiary/aromatic N) is 3. The van der Waals surface area contributed by atoms with Crippen LogP contribution in [0, 0.1) is 0 Å². The first-order valence-electron chi connectivity index (χ1n) is 7.21. The molecule has 2 aliphatic carbocycles. The molecule has 0 radical (unpaired) electrons. The topological polar surface area (TPSA) is 21.1 Å². The minimum Gasteiger partial charge on any atom is -0.294 e. The van der Waals surface area contributed by atoms with Crippen LogP contribution in [-0.4, -0.2) is 32.6 Å². The Labute approximate surface area is 118 Å². The average Bonchev–Trinajstić information content (AvgIpc) is 2.90. The van der Waals surface area contributed by atoms with Gasteiger partial charge in [0.2, 0.25) is 0 Å². The monoisotopic (exact) mass is 311 g/mol. The fourth-order valence-electron chi connectivity index (χ4n) is 2.98. The van der Waals surface area contributed by atoms with Crippen LogP contribution >= 0.6 is 15.9 Å². The van der Waals surface area contributed by atoms with Crippen molar-refractivity contribution in [1.82, 2.24) is 14.7 Å². The molecular formula is C14H22BrN3. The summed E-state index contributed by atoms with van der Waals surface area (Å²) in [5.74, 6) is 0.